The molecular weight excluding hydrogens is 303 g/mol. The van der Waals surface area contributed by atoms with Crippen molar-refractivity contribution in [3.05, 3.63) is 36.3 Å². The molecule has 0 spiro atoms. The first kappa shape index (κ1) is 15.0. The lowest BCUT2D eigenvalue weighted by Gasteiger charge is -1.99. The Bertz CT molecular complexity index is 668. The smallest absolute Gasteiger partial charge is 0.256 e. The summed E-state index contributed by atoms with van der Waals surface area (Å²) in [5, 5.41) is 0.444. The molecule has 8 heteroatoms. The van der Waals surface area contributed by atoms with Crippen molar-refractivity contribution in [1.82, 2.24) is 9.71 Å². The summed E-state index contributed by atoms with van der Waals surface area (Å²) >= 11 is 1.30. The highest BCUT2D eigenvalue weighted by molar-refractivity contribution is 7.99. The van der Waals surface area contributed by atoms with Crippen LogP contribution >= 0.6 is 11.8 Å². The third-order valence-electron chi connectivity index (χ3n) is 2.31. The predicted octanol–water partition coefficient (Wildman–Crippen LogP) is 2.12. The zero-order valence-electron chi connectivity index (χ0n) is 10.7. The number of thioether (sulfide) groups is 1. The van der Waals surface area contributed by atoms with Crippen molar-refractivity contribution in [2.75, 3.05) is 18.6 Å². The average molecular weight is 316 g/mol. The molecule has 0 aliphatic carbocycles. The maximum Gasteiger partial charge on any atom is 0.256 e. The number of benzene rings is 1. The van der Waals surface area contributed by atoms with Crippen LogP contribution in [0.3, 0.4) is 0 Å². The highest BCUT2D eigenvalue weighted by Gasteiger charge is 2.07. The second kappa shape index (κ2) is 6.38. The van der Waals surface area contributed by atoms with Gasteiger partial charge in [-0.2, -0.15) is 0 Å². The topological polar surface area (TPSA) is 72.2 Å². The highest BCUT2D eigenvalue weighted by atomic mass is 32.2. The largest absolute Gasteiger partial charge is 0.431 e. The quantitative estimate of drug-likeness (QED) is 0.653. The Kier molecular flexibility index (Phi) is 4.79. The lowest BCUT2D eigenvalue weighted by molar-refractivity contribution is 0.466. The summed E-state index contributed by atoms with van der Waals surface area (Å²) in [7, 11) is -3.17. The zero-order chi connectivity index (χ0) is 14.6. The Morgan fingerprint density at radius 3 is 2.70 bits per heavy atom. The van der Waals surface area contributed by atoms with Crippen LogP contribution in [0.1, 0.15) is 0 Å². The summed E-state index contributed by atoms with van der Waals surface area (Å²) in [6.07, 6.45) is 2.66. The van der Waals surface area contributed by atoms with Gasteiger partial charge in [0.25, 0.3) is 5.22 Å². The van der Waals surface area contributed by atoms with Gasteiger partial charge in [0.2, 0.25) is 10.0 Å². The van der Waals surface area contributed by atoms with Gasteiger partial charge in [-0.15, -0.1) is 0 Å². The molecule has 2 aromatic rings. The summed E-state index contributed by atoms with van der Waals surface area (Å²) in [5.74, 6) is 0.745. The van der Waals surface area contributed by atoms with Gasteiger partial charge in [-0.25, -0.2) is 22.5 Å². The molecule has 0 saturated heterocycles. The van der Waals surface area contributed by atoms with Crippen molar-refractivity contribution in [2.24, 2.45) is 0 Å². The van der Waals surface area contributed by atoms with Crippen LogP contribution in [-0.4, -0.2) is 32.0 Å². The molecule has 1 aromatic carbocycles. The molecule has 108 valence electrons. The lowest BCUT2D eigenvalue weighted by atomic mass is 10.2. The normalized spacial score (nSPS) is 11.7. The summed E-state index contributed by atoms with van der Waals surface area (Å²) in [4.78, 5) is 4.07. The van der Waals surface area contributed by atoms with E-state index in [2.05, 4.69) is 9.71 Å². The molecule has 0 saturated carbocycles. The van der Waals surface area contributed by atoms with Crippen molar-refractivity contribution in [2.45, 2.75) is 5.22 Å². The van der Waals surface area contributed by atoms with E-state index in [1.165, 1.54) is 23.9 Å². The minimum Gasteiger partial charge on any atom is -0.431 e. The minimum atomic E-state index is -3.17. The number of hydrogen-bond donors (Lipinski definition) is 1. The standard InChI is InChI=1S/C12H13FN2O3S2/c1-20(16,17)15-6-7-19-12-14-8-11(18-12)9-2-4-10(13)5-3-9/h2-5,8,15H,6-7H2,1H3. The van der Waals surface area contributed by atoms with E-state index in [4.69, 9.17) is 4.42 Å². The van der Waals surface area contributed by atoms with Gasteiger partial charge in [-0.1, -0.05) is 11.8 Å². The molecule has 5 nitrogen and oxygen atoms in total. The van der Waals surface area contributed by atoms with Gasteiger partial charge < -0.3 is 4.42 Å². The fraction of sp³-hybridized carbons (Fsp3) is 0.250. The highest BCUT2D eigenvalue weighted by Crippen LogP contribution is 2.25. The zero-order valence-corrected chi connectivity index (χ0v) is 12.3. The number of hydrogen-bond acceptors (Lipinski definition) is 5. The first-order chi connectivity index (χ1) is 9.44. The molecule has 1 heterocycles. The van der Waals surface area contributed by atoms with E-state index in [1.54, 1.807) is 18.3 Å². The Labute approximate surface area is 120 Å². The van der Waals surface area contributed by atoms with Gasteiger partial charge in [0.1, 0.15) is 5.82 Å². The van der Waals surface area contributed by atoms with Crippen molar-refractivity contribution in [3.8, 4) is 11.3 Å². The Morgan fingerprint density at radius 2 is 2.05 bits per heavy atom. The van der Waals surface area contributed by atoms with Crippen molar-refractivity contribution < 1.29 is 17.2 Å². The summed E-state index contributed by atoms with van der Waals surface area (Å²) in [6, 6.07) is 5.91. The maximum absolute atomic E-state index is 12.8. The van der Waals surface area contributed by atoms with E-state index in [1.807, 2.05) is 0 Å². The minimum absolute atomic E-state index is 0.303. The molecule has 0 fully saturated rings. The fourth-order valence-corrected chi connectivity index (χ4v) is 2.69. The van der Waals surface area contributed by atoms with Crippen molar-refractivity contribution in [1.29, 1.82) is 0 Å². The SMILES string of the molecule is CS(=O)(=O)NCCSc1ncc(-c2ccc(F)cc2)o1. The molecular formula is C12H13FN2O3S2. The third kappa shape index (κ3) is 4.62. The van der Waals surface area contributed by atoms with Crippen LogP contribution in [0.25, 0.3) is 11.3 Å². The van der Waals surface area contributed by atoms with E-state index in [0.29, 0.717) is 23.3 Å². The van der Waals surface area contributed by atoms with E-state index < -0.39 is 10.0 Å². The molecule has 0 unspecified atom stereocenters. The summed E-state index contributed by atoms with van der Waals surface area (Å²) in [5.41, 5.74) is 0.736. The van der Waals surface area contributed by atoms with Crippen LogP contribution in [-0.2, 0) is 10.0 Å². The number of nitrogens with one attached hydrogen (secondary N) is 1. The number of aromatic nitrogens is 1. The second-order valence-electron chi connectivity index (χ2n) is 4.01. The van der Waals surface area contributed by atoms with Crippen molar-refractivity contribution >= 4 is 21.8 Å². The molecule has 0 aliphatic rings. The molecule has 0 amide bonds. The number of rotatable bonds is 6. The second-order valence-corrected chi connectivity index (χ2v) is 6.89. The van der Waals surface area contributed by atoms with Gasteiger partial charge in [0, 0.05) is 17.9 Å². The Hall–Kier alpha value is -1.38. The summed E-state index contributed by atoms with van der Waals surface area (Å²) in [6.45, 7) is 0.303. The van der Waals surface area contributed by atoms with Crippen LogP contribution in [0.4, 0.5) is 4.39 Å². The molecule has 0 aliphatic heterocycles. The monoisotopic (exact) mass is 316 g/mol. The van der Waals surface area contributed by atoms with Gasteiger partial charge in [-0.05, 0) is 24.3 Å². The van der Waals surface area contributed by atoms with E-state index in [9.17, 15) is 12.8 Å². The van der Waals surface area contributed by atoms with Crippen LogP contribution in [0.15, 0.2) is 40.1 Å². The third-order valence-corrected chi connectivity index (χ3v) is 3.88. The van der Waals surface area contributed by atoms with Crippen molar-refractivity contribution in [3.63, 3.8) is 0 Å². The van der Waals surface area contributed by atoms with E-state index in [0.717, 1.165) is 11.8 Å². The van der Waals surface area contributed by atoms with Crippen LogP contribution in [0, 0.1) is 5.82 Å². The fourth-order valence-electron chi connectivity index (χ4n) is 1.44. The van der Waals surface area contributed by atoms with Gasteiger partial charge in [-0.3, -0.25) is 0 Å². The predicted molar refractivity (Wildman–Crippen MR) is 75.5 cm³/mol. The molecule has 2 rings (SSSR count). The molecule has 0 radical (unpaired) electrons. The number of oxazole rings is 1. The number of sulfonamides is 1. The number of nitrogens with zero attached hydrogens (tertiary/aromatic N) is 1. The van der Waals surface area contributed by atoms with Crippen LogP contribution in [0.2, 0.25) is 0 Å². The van der Waals surface area contributed by atoms with E-state index in [-0.39, 0.29) is 5.82 Å². The van der Waals surface area contributed by atoms with Gasteiger partial charge in [0.05, 0.1) is 12.5 Å². The molecule has 0 bridgehead atoms. The first-order valence-electron chi connectivity index (χ1n) is 5.73. The van der Waals surface area contributed by atoms with Gasteiger partial charge >= 0.3 is 0 Å². The molecule has 0 atom stereocenters. The Balaban J connectivity index is 1.91. The molecule has 20 heavy (non-hydrogen) atoms. The van der Waals surface area contributed by atoms with Gasteiger partial charge in [0.15, 0.2) is 5.76 Å². The van der Waals surface area contributed by atoms with Crippen LogP contribution < -0.4 is 4.72 Å². The molecule has 1 N–H and O–H groups in total. The lowest BCUT2D eigenvalue weighted by Crippen LogP contribution is -2.24. The van der Waals surface area contributed by atoms with Crippen LogP contribution in [0.5, 0.6) is 0 Å². The summed E-state index contributed by atoms with van der Waals surface area (Å²) < 4.78 is 42.4. The number of halogens is 1. The van der Waals surface area contributed by atoms with E-state index >= 15 is 0 Å². The Morgan fingerprint density at radius 1 is 1.35 bits per heavy atom. The maximum atomic E-state index is 12.8. The molecule has 1 aromatic heterocycles. The first-order valence-corrected chi connectivity index (χ1v) is 8.61. The average Bonchev–Trinajstić information content (AvgIpc) is 2.83.